The number of ether oxygens (including phenoxy) is 1. The summed E-state index contributed by atoms with van der Waals surface area (Å²) in [5.41, 5.74) is 7.08. The summed E-state index contributed by atoms with van der Waals surface area (Å²) >= 11 is 5.56. The van der Waals surface area contributed by atoms with Crippen LogP contribution in [0.15, 0.2) is 5.11 Å². The highest BCUT2D eigenvalue weighted by Gasteiger charge is 2.42. The lowest BCUT2D eigenvalue weighted by atomic mass is 9.98. The van der Waals surface area contributed by atoms with Crippen molar-refractivity contribution in [1.29, 1.82) is 0 Å². The van der Waals surface area contributed by atoms with Crippen LogP contribution in [0.5, 0.6) is 0 Å². The van der Waals surface area contributed by atoms with Crippen LogP contribution < -0.4 is 0 Å². The fourth-order valence-corrected chi connectivity index (χ4v) is 1.53. The van der Waals surface area contributed by atoms with Crippen molar-refractivity contribution in [1.82, 2.24) is 0 Å². The van der Waals surface area contributed by atoms with E-state index in [2.05, 4.69) is 10.0 Å². The zero-order chi connectivity index (χ0) is 10.7. The van der Waals surface area contributed by atoms with Gasteiger partial charge in [0.1, 0.15) is 12.2 Å². The van der Waals surface area contributed by atoms with Crippen molar-refractivity contribution in [3.05, 3.63) is 10.4 Å². The molecule has 80 valence electrons. The van der Waals surface area contributed by atoms with E-state index in [0.717, 1.165) is 0 Å². The largest absolute Gasteiger partial charge is 0.394 e. The lowest BCUT2D eigenvalue weighted by Crippen LogP contribution is -2.56. The van der Waals surface area contributed by atoms with Gasteiger partial charge in [0.15, 0.2) is 5.56 Å². The molecule has 1 fully saturated rings. The van der Waals surface area contributed by atoms with Gasteiger partial charge in [-0.25, -0.2) is 0 Å². The van der Waals surface area contributed by atoms with Crippen LogP contribution in [0.4, 0.5) is 0 Å². The first kappa shape index (κ1) is 11.5. The number of halogens is 1. The molecule has 1 saturated heterocycles. The van der Waals surface area contributed by atoms with E-state index in [4.69, 9.17) is 27.0 Å². The number of alkyl halides is 1. The molecule has 0 aromatic rings. The Balaban J connectivity index is 2.82. The molecule has 0 amide bonds. The Morgan fingerprint density at radius 3 is 2.57 bits per heavy atom. The summed E-state index contributed by atoms with van der Waals surface area (Å²) in [7, 11) is 0. The second-order valence-electron chi connectivity index (χ2n) is 2.88. The van der Waals surface area contributed by atoms with Crippen molar-refractivity contribution >= 4 is 11.6 Å². The minimum atomic E-state index is -1.29. The minimum Gasteiger partial charge on any atom is -0.394 e. The average Bonchev–Trinajstić information content (AvgIpc) is 2.18. The number of nitrogens with zero attached hydrogens (tertiary/aromatic N) is 3. The number of aliphatic hydroxyl groups excluding tert-OH is 3. The van der Waals surface area contributed by atoms with E-state index in [9.17, 15) is 10.2 Å². The van der Waals surface area contributed by atoms with Gasteiger partial charge in [-0.05, 0) is 5.53 Å². The second kappa shape index (κ2) is 4.79. The maximum absolute atomic E-state index is 9.48. The van der Waals surface area contributed by atoms with Gasteiger partial charge in [-0.15, -0.1) is 0 Å². The summed E-state index contributed by atoms with van der Waals surface area (Å²) in [5, 5.41) is 30.9. The number of hydrogen-bond acceptors (Lipinski definition) is 5. The van der Waals surface area contributed by atoms with Crippen molar-refractivity contribution in [3.63, 3.8) is 0 Å². The molecule has 5 atom stereocenters. The fourth-order valence-electron chi connectivity index (χ4n) is 1.25. The highest BCUT2D eigenvalue weighted by molar-refractivity contribution is 6.20. The zero-order valence-corrected chi connectivity index (χ0v) is 7.82. The summed E-state index contributed by atoms with van der Waals surface area (Å²) in [4.78, 5) is 2.47. The first-order valence-corrected chi connectivity index (χ1v) is 4.36. The molecule has 0 aromatic heterocycles. The number of rotatable bonds is 2. The van der Waals surface area contributed by atoms with E-state index in [1.54, 1.807) is 0 Å². The highest BCUT2D eigenvalue weighted by Crippen LogP contribution is 2.25. The summed E-state index contributed by atoms with van der Waals surface area (Å²) in [6.07, 6.45) is -3.50. The van der Waals surface area contributed by atoms with Crippen LogP contribution in [0, 0.1) is 0 Å². The third-order valence-corrected chi connectivity index (χ3v) is 2.38. The van der Waals surface area contributed by atoms with E-state index in [1.165, 1.54) is 0 Å². The minimum absolute atomic E-state index is 0.464. The Kier molecular flexibility index (Phi) is 3.94. The molecule has 1 heterocycles. The number of aliphatic hydroxyl groups is 3. The fraction of sp³-hybridized carbons (Fsp3) is 1.00. The molecule has 2 unspecified atom stereocenters. The molecule has 0 aliphatic carbocycles. The molecule has 0 bridgehead atoms. The quantitative estimate of drug-likeness (QED) is 0.249. The molecule has 8 heteroatoms. The Hall–Kier alpha value is -0.560. The molecule has 1 aliphatic rings. The van der Waals surface area contributed by atoms with Crippen LogP contribution in [-0.4, -0.2) is 51.8 Å². The van der Waals surface area contributed by atoms with Gasteiger partial charge in [-0.3, -0.25) is 0 Å². The molecule has 0 spiro atoms. The monoisotopic (exact) mass is 223 g/mol. The van der Waals surface area contributed by atoms with Crippen LogP contribution in [0.1, 0.15) is 0 Å². The number of azide groups is 1. The molecular formula is C6H10ClN3O4. The molecule has 3 N–H and O–H groups in total. The normalized spacial score (nSPS) is 43.0. The van der Waals surface area contributed by atoms with Crippen LogP contribution in [-0.2, 0) is 4.74 Å². The zero-order valence-electron chi connectivity index (χ0n) is 7.06. The first-order chi connectivity index (χ1) is 6.61. The lowest BCUT2D eigenvalue weighted by molar-refractivity contribution is -0.162. The molecule has 0 radical (unpaired) electrons. The van der Waals surface area contributed by atoms with Crippen LogP contribution in [0.25, 0.3) is 10.4 Å². The van der Waals surface area contributed by atoms with Crippen molar-refractivity contribution in [3.8, 4) is 0 Å². The summed E-state index contributed by atoms with van der Waals surface area (Å²) in [5.74, 6) is 0. The van der Waals surface area contributed by atoms with E-state index in [0.29, 0.717) is 0 Å². The van der Waals surface area contributed by atoms with Crippen LogP contribution >= 0.6 is 11.6 Å². The van der Waals surface area contributed by atoms with Crippen molar-refractivity contribution in [2.75, 3.05) is 6.61 Å². The van der Waals surface area contributed by atoms with E-state index in [1.807, 2.05) is 0 Å². The van der Waals surface area contributed by atoms with Gasteiger partial charge in [0.05, 0.1) is 18.8 Å². The Morgan fingerprint density at radius 1 is 1.43 bits per heavy atom. The van der Waals surface area contributed by atoms with Gasteiger partial charge in [-0.2, -0.15) is 0 Å². The third kappa shape index (κ3) is 2.09. The summed E-state index contributed by atoms with van der Waals surface area (Å²) in [6, 6.07) is -1.10. The predicted molar refractivity (Wildman–Crippen MR) is 46.5 cm³/mol. The van der Waals surface area contributed by atoms with Gasteiger partial charge < -0.3 is 20.1 Å². The van der Waals surface area contributed by atoms with Gasteiger partial charge >= 0.3 is 0 Å². The maximum Gasteiger partial charge on any atom is 0.157 e. The third-order valence-electron chi connectivity index (χ3n) is 2.02. The van der Waals surface area contributed by atoms with Gasteiger partial charge in [0, 0.05) is 4.91 Å². The molecular weight excluding hydrogens is 214 g/mol. The van der Waals surface area contributed by atoms with E-state index < -0.39 is 36.5 Å². The Morgan fingerprint density at radius 2 is 2.07 bits per heavy atom. The average molecular weight is 224 g/mol. The van der Waals surface area contributed by atoms with Crippen molar-refractivity contribution in [2.45, 2.75) is 29.9 Å². The molecule has 0 saturated carbocycles. The van der Waals surface area contributed by atoms with Crippen molar-refractivity contribution < 1.29 is 20.1 Å². The summed E-state index contributed by atoms with van der Waals surface area (Å²) in [6.45, 7) is -0.464. The first-order valence-electron chi connectivity index (χ1n) is 3.92. The van der Waals surface area contributed by atoms with E-state index >= 15 is 0 Å². The van der Waals surface area contributed by atoms with Crippen LogP contribution in [0.3, 0.4) is 0 Å². The SMILES string of the molecule is [N-]=[N+]=NC1[C@@H](O)C(CO)O[C@@H](Cl)[C@H]1O. The van der Waals surface area contributed by atoms with E-state index in [-0.39, 0.29) is 0 Å². The Bertz CT molecular complexity index is 247. The van der Waals surface area contributed by atoms with Crippen LogP contribution in [0.2, 0.25) is 0 Å². The topological polar surface area (TPSA) is 119 Å². The summed E-state index contributed by atoms with van der Waals surface area (Å²) < 4.78 is 4.87. The van der Waals surface area contributed by atoms with Crippen molar-refractivity contribution in [2.24, 2.45) is 5.11 Å². The maximum atomic E-state index is 9.48. The smallest absolute Gasteiger partial charge is 0.157 e. The van der Waals surface area contributed by atoms with Gasteiger partial charge in [-0.1, -0.05) is 16.7 Å². The second-order valence-corrected chi connectivity index (χ2v) is 3.32. The molecule has 1 aliphatic heterocycles. The van der Waals surface area contributed by atoms with Gasteiger partial charge in [0.25, 0.3) is 0 Å². The molecule has 0 aromatic carbocycles. The predicted octanol–water partition coefficient (Wildman–Crippen LogP) is -0.657. The van der Waals surface area contributed by atoms with Gasteiger partial charge in [0.2, 0.25) is 0 Å². The molecule has 1 rings (SSSR count). The molecule has 14 heavy (non-hydrogen) atoms. The Labute approximate surface area is 84.5 Å². The highest BCUT2D eigenvalue weighted by atomic mass is 35.5. The standard InChI is InChI=1S/C6H10ClN3O4/c7-6-5(13)3(9-10-8)4(12)2(1-11)14-6/h2-6,11-13H,1H2/t2?,3?,4-,5-,6+/m0/s1. The number of hydrogen-bond donors (Lipinski definition) is 3. The lowest BCUT2D eigenvalue weighted by Gasteiger charge is -2.37. The molecule has 7 nitrogen and oxygen atoms in total.